The molecule has 0 radical (unpaired) electrons. The van der Waals surface area contributed by atoms with E-state index in [0.29, 0.717) is 0 Å². The highest BCUT2D eigenvalue weighted by atomic mass is 127. The summed E-state index contributed by atoms with van der Waals surface area (Å²) in [6.45, 7) is 4.99. The van der Waals surface area contributed by atoms with Gasteiger partial charge in [0.2, 0.25) is 0 Å². The van der Waals surface area contributed by atoms with E-state index in [4.69, 9.17) is 0 Å². The molecule has 0 bridgehead atoms. The molecule has 1 heterocycles. The van der Waals surface area contributed by atoms with Crippen LogP contribution in [-0.4, -0.2) is 15.7 Å². The highest BCUT2D eigenvalue weighted by molar-refractivity contribution is 14.1. The molecule has 2 heteroatoms. The van der Waals surface area contributed by atoms with Crippen molar-refractivity contribution < 1.29 is 0 Å². The molecule has 9 heavy (non-hydrogen) atoms. The van der Waals surface area contributed by atoms with E-state index in [0.717, 1.165) is 12.5 Å². The Bertz CT molecular complexity index is 103. The zero-order valence-electron chi connectivity index (χ0n) is 5.52. The summed E-state index contributed by atoms with van der Waals surface area (Å²) in [5.41, 5.74) is 0. The highest BCUT2D eigenvalue weighted by Crippen LogP contribution is 2.23. The first kappa shape index (κ1) is 7.54. The third-order valence-corrected chi connectivity index (χ3v) is 3.01. The lowest BCUT2D eigenvalue weighted by atomic mass is 10.2. The molecule has 0 aromatic heterocycles. The van der Waals surface area contributed by atoms with Gasteiger partial charge in [-0.3, -0.25) is 0 Å². The molecule has 1 atom stereocenters. The summed E-state index contributed by atoms with van der Waals surface area (Å²) in [6.07, 6.45) is 5.89. The molecule has 0 amide bonds. The summed E-state index contributed by atoms with van der Waals surface area (Å²) < 4.78 is 2.39. The molecule has 52 valence electrons. The van der Waals surface area contributed by atoms with E-state index >= 15 is 0 Å². The average Bonchev–Trinajstić information content (AvgIpc) is 2.18. The van der Waals surface area contributed by atoms with Crippen molar-refractivity contribution in [2.45, 2.75) is 25.3 Å². The minimum absolute atomic E-state index is 0.781. The Hall–Kier alpha value is 0.430. The van der Waals surface area contributed by atoms with Gasteiger partial charge in [0.25, 0.3) is 0 Å². The van der Waals surface area contributed by atoms with Crippen molar-refractivity contribution in [2.24, 2.45) is 0 Å². The summed E-state index contributed by atoms with van der Waals surface area (Å²) in [7, 11) is 0. The Kier molecular flexibility index (Phi) is 2.98. The summed E-state index contributed by atoms with van der Waals surface area (Å²) in [6, 6.07) is 0.781. The number of nitrogens with zero attached hydrogens (tertiary/aromatic N) is 1. The van der Waals surface area contributed by atoms with Crippen LogP contribution in [0.1, 0.15) is 19.3 Å². The van der Waals surface area contributed by atoms with E-state index in [1.165, 1.54) is 19.4 Å². The van der Waals surface area contributed by atoms with Crippen LogP contribution in [0.5, 0.6) is 0 Å². The van der Waals surface area contributed by atoms with E-state index in [2.05, 4.69) is 32.6 Å². The lowest BCUT2D eigenvalue weighted by molar-refractivity contribution is 0.474. The smallest absolute Gasteiger partial charge is 0.0229 e. The monoisotopic (exact) mass is 237 g/mol. The molecule has 0 aromatic carbocycles. The minimum atomic E-state index is 0.781. The van der Waals surface area contributed by atoms with Crippen LogP contribution in [0.2, 0.25) is 0 Å². The van der Waals surface area contributed by atoms with Gasteiger partial charge >= 0.3 is 0 Å². The molecule has 1 fully saturated rings. The lowest BCUT2D eigenvalue weighted by Gasteiger charge is -2.13. The number of hydrogen-bond donors (Lipinski definition) is 0. The lowest BCUT2D eigenvalue weighted by Crippen LogP contribution is -2.17. The van der Waals surface area contributed by atoms with Crippen molar-refractivity contribution in [3.05, 3.63) is 12.7 Å². The van der Waals surface area contributed by atoms with E-state index in [1.807, 2.05) is 6.08 Å². The van der Waals surface area contributed by atoms with Crippen LogP contribution < -0.4 is 0 Å². The Morgan fingerprint density at radius 3 is 3.00 bits per heavy atom. The number of hydrogen-bond acceptors (Lipinski definition) is 1. The van der Waals surface area contributed by atoms with Gasteiger partial charge in [-0.25, -0.2) is 3.11 Å². The largest absolute Gasteiger partial charge is 0.244 e. The molecule has 1 unspecified atom stereocenters. The second-order valence-electron chi connectivity index (χ2n) is 2.44. The quantitative estimate of drug-likeness (QED) is 0.405. The molecular weight excluding hydrogens is 225 g/mol. The van der Waals surface area contributed by atoms with Crippen molar-refractivity contribution in [3.8, 4) is 0 Å². The normalized spacial score (nSPS) is 28.8. The Labute approximate surface area is 70.6 Å². The third-order valence-electron chi connectivity index (χ3n) is 1.74. The van der Waals surface area contributed by atoms with Crippen LogP contribution in [0.25, 0.3) is 0 Å². The van der Waals surface area contributed by atoms with Gasteiger partial charge < -0.3 is 0 Å². The molecule has 0 aliphatic carbocycles. The van der Waals surface area contributed by atoms with E-state index in [-0.39, 0.29) is 0 Å². The standard InChI is InChI=1S/C7H12IN/c1-2-4-7-5-3-6-9(7)8/h2,7H,1,3-6H2. The molecule has 0 N–H and O–H groups in total. The summed E-state index contributed by atoms with van der Waals surface area (Å²) in [4.78, 5) is 0. The van der Waals surface area contributed by atoms with E-state index in [1.54, 1.807) is 0 Å². The van der Waals surface area contributed by atoms with Crippen LogP contribution in [-0.2, 0) is 0 Å². The predicted octanol–water partition coefficient (Wildman–Crippen LogP) is 2.38. The first-order chi connectivity index (χ1) is 4.34. The second kappa shape index (κ2) is 3.56. The highest BCUT2D eigenvalue weighted by Gasteiger charge is 2.19. The van der Waals surface area contributed by atoms with Crippen molar-refractivity contribution >= 4 is 22.9 Å². The number of halogens is 1. The van der Waals surface area contributed by atoms with Gasteiger partial charge in [0.1, 0.15) is 0 Å². The molecule has 1 saturated heterocycles. The first-order valence-electron chi connectivity index (χ1n) is 3.38. The van der Waals surface area contributed by atoms with Crippen molar-refractivity contribution in [1.29, 1.82) is 0 Å². The summed E-state index contributed by atoms with van der Waals surface area (Å²) in [5, 5.41) is 0. The van der Waals surface area contributed by atoms with Crippen molar-refractivity contribution in [3.63, 3.8) is 0 Å². The van der Waals surface area contributed by atoms with Gasteiger partial charge in [0.05, 0.1) is 0 Å². The van der Waals surface area contributed by atoms with Crippen LogP contribution in [0, 0.1) is 0 Å². The minimum Gasteiger partial charge on any atom is -0.244 e. The molecule has 0 spiro atoms. The Morgan fingerprint density at radius 2 is 2.56 bits per heavy atom. The molecule has 1 rings (SSSR count). The van der Waals surface area contributed by atoms with Gasteiger partial charge in [0, 0.05) is 35.5 Å². The molecule has 1 aliphatic rings. The molecule has 1 aliphatic heterocycles. The Morgan fingerprint density at radius 1 is 1.78 bits per heavy atom. The molecule has 1 nitrogen and oxygen atoms in total. The molecule has 0 saturated carbocycles. The SMILES string of the molecule is C=CCC1CCCN1I. The Balaban J connectivity index is 2.30. The summed E-state index contributed by atoms with van der Waals surface area (Å²) >= 11 is 2.40. The van der Waals surface area contributed by atoms with E-state index < -0.39 is 0 Å². The maximum Gasteiger partial charge on any atom is 0.0229 e. The second-order valence-corrected chi connectivity index (χ2v) is 3.68. The zero-order chi connectivity index (χ0) is 6.69. The van der Waals surface area contributed by atoms with Gasteiger partial charge in [-0.2, -0.15) is 0 Å². The maximum absolute atomic E-state index is 3.73. The fourth-order valence-electron chi connectivity index (χ4n) is 1.23. The van der Waals surface area contributed by atoms with Crippen molar-refractivity contribution in [2.75, 3.05) is 6.54 Å². The summed E-state index contributed by atoms with van der Waals surface area (Å²) in [5.74, 6) is 0. The topological polar surface area (TPSA) is 3.24 Å². The maximum atomic E-state index is 3.73. The van der Waals surface area contributed by atoms with Crippen molar-refractivity contribution in [1.82, 2.24) is 3.11 Å². The van der Waals surface area contributed by atoms with E-state index in [9.17, 15) is 0 Å². The first-order valence-corrected chi connectivity index (χ1v) is 4.34. The van der Waals surface area contributed by atoms with Crippen LogP contribution in [0.3, 0.4) is 0 Å². The zero-order valence-corrected chi connectivity index (χ0v) is 7.67. The fraction of sp³-hybridized carbons (Fsp3) is 0.714. The number of rotatable bonds is 2. The average molecular weight is 237 g/mol. The predicted molar refractivity (Wildman–Crippen MR) is 48.6 cm³/mol. The van der Waals surface area contributed by atoms with Gasteiger partial charge in [-0.1, -0.05) is 6.08 Å². The van der Waals surface area contributed by atoms with Gasteiger partial charge in [-0.05, 0) is 19.3 Å². The van der Waals surface area contributed by atoms with Crippen LogP contribution >= 0.6 is 22.9 Å². The molecule has 0 aromatic rings. The van der Waals surface area contributed by atoms with Crippen LogP contribution in [0.15, 0.2) is 12.7 Å². The third kappa shape index (κ3) is 1.93. The van der Waals surface area contributed by atoms with Gasteiger partial charge in [-0.15, -0.1) is 6.58 Å². The fourth-order valence-corrected chi connectivity index (χ4v) is 2.07. The van der Waals surface area contributed by atoms with Gasteiger partial charge in [0.15, 0.2) is 0 Å². The molecular formula is C7H12IN. The van der Waals surface area contributed by atoms with Crippen LogP contribution in [0.4, 0.5) is 0 Å².